The van der Waals surface area contributed by atoms with Gasteiger partial charge in [-0.3, -0.25) is 9.59 Å². The minimum atomic E-state index is -0.521. The molecule has 1 aromatic heterocycles. The van der Waals surface area contributed by atoms with Crippen molar-refractivity contribution in [2.75, 3.05) is 17.2 Å². The standard InChI is InChI=1S/C20H22N2O4S2/c1-4-12-11(3)27-19(17(12)20(25)26-5-2)22-16(23)10-15-18(24)21-13-8-6-7-9-14(13)28-15/h6-9,15H,4-5,10H2,1-3H3,(H,21,24)(H,22,23)/t15-/m0/s1. The van der Waals surface area contributed by atoms with E-state index in [1.54, 1.807) is 6.92 Å². The van der Waals surface area contributed by atoms with Crippen molar-refractivity contribution in [2.45, 2.75) is 43.8 Å². The Morgan fingerprint density at radius 2 is 2.00 bits per heavy atom. The lowest BCUT2D eigenvalue weighted by Crippen LogP contribution is -2.32. The van der Waals surface area contributed by atoms with E-state index in [0.29, 0.717) is 17.0 Å². The summed E-state index contributed by atoms with van der Waals surface area (Å²) in [5, 5.41) is 5.62. The summed E-state index contributed by atoms with van der Waals surface area (Å²) in [4.78, 5) is 39.2. The Balaban J connectivity index is 1.75. The first-order valence-corrected chi connectivity index (χ1v) is 10.8. The van der Waals surface area contributed by atoms with E-state index in [1.807, 2.05) is 38.1 Å². The molecule has 28 heavy (non-hydrogen) atoms. The van der Waals surface area contributed by atoms with Gasteiger partial charge in [-0.1, -0.05) is 19.1 Å². The van der Waals surface area contributed by atoms with E-state index in [9.17, 15) is 14.4 Å². The van der Waals surface area contributed by atoms with Crippen LogP contribution in [0.3, 0.4) is 0 Å². The summed E-state index contributed by atoms with van der Waals surface area (Å²) < 4.78 is 5.16. The first-order chi connectivity index (χ1) is 13.4. The van der Waals surface area contributed by atoms with Gasteiger partial charge in [0, 0.05) is 16.2 Å². The highest BCUT2D eigenvalue weighted by Gasteiger charge is 2.30. The monoisotopic (exact) mass is 418 g/mol. The number of anilines is 2. The van der Waals surface area contributed by atoms with Gasteiger partial charge < -0.3 is 15.4 Å². The van der Waals surface area contributed by atoms with Crippen LogP contribution in [0.1, 0.15) is 41.1 Å². The zero-order chi connectivity index (χ0) is 20.3. The molecule has 0 radical (unpaired) electrons. The maximum atomic E-state index is 12.6. The highest BCUT2D eigenvalue weighted by molar-refractivity contribution is 8.01. The quantitative estimate of drug-likeness (QED) is 0.686. The lowest BCUT2D eigenvalue weighted by molar-refractivity contribution is -0.120. The molecule has 1 aliphatic rings. The van der Waals surface area contributed by atoms with Gasteiger partial charge in [-0.2, -0.15) is 0 Å². The van der Waals surface area contributed by atoms with Crippen LogP contribution in [-0.4, -0.2) is 29.6 Å². The van der Waals surface area contributed by atoms with Gasteiger partial charge in [0.05, 0.1) is 23.1 Å². The molecule has 2 amide bonds. The van der Waals surface area contributed by atoms with E-state index >= 15 is 0 Å². The molecule has 0 aliphatic carbocycles. The maximum absolute atomic E-state index is 12.6. The number of ether oxygens (including phenoxy) is 1. The van der Waals surface area contributed by atoms with Crippen LogP contribution in [0.4, 0.5) is 10.7 Å². The topological polar surface area (TPSA) is 84.5 Å². The SMILES string of the molecule is CCOC(=O)c1c(NC(=O)C[C@@H]2Sc3ccccc3NC2=O)sc(C)c1CC. The summed E-state index contributed by atoms with van der Waals surface area (Å²) in [6, 6.07) is 7.50. The Bertz CT molecular complexity index is 923. The fourth-order valence-electron chi connectivity index (χ4n) is 3.08. The number of thiophene rings is 1. The van der Waals surface area contributed by atoms with Crippen LogP contribution >= 0.6 is 23.1 Å². The van der Waals surface area contributed by atoms with Gasteiger partial charge in [-0.15, -0.1) is 23.1 Å². The molecule has 2 heterocycles. The van der Waals surface area contributed by atoms with E-state index in [2.05, 4.69) is 10.6 Å². The minimum Gasteiger partial charge on any atom is -0.462 e. The Morgan fingerprint density at radius 3 is 2.71 bits per heavy atom. The summed E-state index contributed by atoms with van der Waals surface area (Å²) in [5.41, 5.74) is 2.07. The Hall–Kier alpha value is -2.32. The van der Waals surface area contributed by atoms with Crippen LogP contribution in [0.2, 0.25) is 0 Å². The second-order valence-electron chi connectivity index (χ2n) is 6.26. The van der Waals surface area contributed by atoms with Crippen molar-refractivity contribution >= 4 is 51.6 Å². The average molecular weight is 419 g/mol. The lowest BCUT2D eigenvalue weighted by atomic mass is 10.1. The Morgan fingerprint density at radius 1 is 1.25 bits per heavy atom. The first kappa shape index (κ1) is 20.4. The number of para-hydroxylation sites is 1. The van der Waals surface area contributed by atoms with Crippen molar-refractivity contribution in [1.29, 1.82) is 0 Å². The lowest BCUT2D eigenvalue weighted by Gasteiger charge is -2.23. The second kappa shape index (κ2) is 8.79. The Kier molecular flexibility index (Phi) is 6.41. The third kappa shape index (κ3) is 4.23. The number of fused-ring (bicyclic) bond motifs is 1. The summed E-state index contributed by atoms with van der Waals surface area (Å²) in [6.07, 6.45) is 0.690. The first-order valence-electron chi connectivity index (χ1n) is 9.10. The average Bonchev–Trinajstić information content (AvgIpc) is 2.97. The zero-order valence-corrected chi connectivity index (χ0v) is 17.6. The van der Waals surface area contributed by atoms with E-state index in [4.69, 9.17) is 4.74 Å². The van der Waals surface area contributed by atoms with Gasteiger partial charge in [0.15, 0.2) is 0 Å². The van der Waals surface area contributed by atoms with Crippen LogP contribution in [0.15, 0.2) is 29.2 Å². The largest absolute Gasteiger partial charge is 0.462 e. The molecule has 2 aromatic rings. The molecule has 8 heteroatoms. The predicted molar refractivity (Wildman–Crippen MR) is 112 cm³/mol. The number of carbonyl (C=O) groups excluding carboxylic acids is 3. The maximum Gasteiger partial charge on any atom is 0.341 e. The van der Waals surface area contributed by atoms with Gasteiger partial charge in [-0.25, -0.2) is 4.79 Å². The van der Waals surface area contributed by atoms with Gasteiger partial charge >= 0.3 is 5.97 Å². The Labute approximate surface area is 172 Å². The number of rotatable bonds is 6. The third-order valence-electron chi connectivity index (χ3n) is 4.37. The molecular formula is C20H22N2O4S2. The van der Waals surface area contributed by atoms with Crippen molar-refractivity contribution in [2.24, 2.45) is 0 Å². The number of carbonyl (C=O) groups is 3. The fourth-order valence-corrected chi connectivity index (χ4v) is 5.34. The molecule has 148 valence electrons. The summed E-state index contributed by atoms with van der Waals surface area (Å²) in [5.74, 6) is -0.930. The normalized spacial score (nSPS) is 15.5. The molecule has 0 unspecified atom stereocenters. The minimum absolute atomic E-state index is 0.0194. The number of amides is 2. The second-order valence-corrected chi connectivity index (χ2v) is 8.73. The van der Waals surface area contributed by atoms with Crippen LogP contribution in [0.5, 0.6) is 0 Å². The fraction of sp³-hybridized carbons (Fsp3) is 0.350. The number of aryl methyl sites for hydroxylation is 1. The molecule has 0 bridgehead atoms. The van der Waals surface area contributed by atoms with Crippen molar-refractivity contribution < 1.29 is 19.1 Å². The summed E-state index contributed by atoms with van der Waals surface area (Å²) in [7, 11) is 0. The van der Waals surface area contributed by atoms with Crippen LogP contribution in [0, 0.1) is 6.92 Å². The molecule has 3 rings (SSSR count). The highest BCUT2D eigenvalue weighted by atomic mass is 32.2. The molecular weight excluding hydrogens is 396 g/mol. The number of esters is 1. The summed E-state index contributed by atoms with van der Waals surface area (Å²) in [6.45, 7) is 5.90. The smallest absolute Gasteiger partial charge is 0.341 e. The molecule has 0 saturated heterocycles. The molecule has 0 spiro atoms. The highest BCUT2D eigenvalue weighted by Crippen LogP contribution is 2.38. The molecule has 0 saturated carbocycles. The predicted octanol–water partition coefficient (Wildman–Crippen LogP) is 4.24. The number of benzene rings is 1. The van der Waals surface area contributed by atoms with Crippen molar-refractivity contribution in [1.82, 2.24) is 0 Å². The van der Waals surface area contributed by atoms with Gasteiger partial charge in [0.1, 0.15) is 5.00 Å². The molecule has 2 N–H and O–H groups in total. The summed E-state index contributed by atoms with van der Waals surface area (Å²) >= 11 is 2.73. The molecule has 1 aromatic carbocycles. The van der Waals surface area contributed by atoms with Crippen LogP contribution < -0.4 is 10.6 Å². The van der Waals surface area contributed by atoms with E-state index in [1.165, 1.54) is 23.1 Å². The van der Waals surface area contributed by atoms with Gasteiger partial charge in [-0.05, 0) is 38.0 Å². The van der Waals surface area contributed by atoms with Crippen LogP contribution in [0.25, 0.3) is 0 Å². The molecule has 1 atom stereocenters. The number of hydrogen-bond acceptors (Lipinski definition) is 6. The van der Waals surface area contributed by atoms with Crippen molar-refractivity contribution in [3.63, 3.8) is 0 Å². The molecule has 6 nitrogen and oxygen atoms in total. The van der Waals surface area contributed by atoms with Gasteiger partial charge in [0.25, 0.3) is 0 Å². The number of thioether (sulfide) groups is 1. The third-order valence-corrected chi connectivity index (χ3v) is 6.71. The number of nitrogens with one attached hydrogen (secondary N) is 2. The molecule has 1 aliphatic heterocycles. The van der Waals surface area contributed by atoms with Crippen molar-refractivity contribution in [3.05, 3.63) is 40.3 Å². The van der Waals surface area contributed by atoms with Crippen LogP contribution in [-0.2, 0) is 20.7 Å². The van der Waals surface area contributed by atoms with E-state index < -0.39 is 11.2 Å². The zero-order valence-electron chi connectivity index (χ0n) is 16.0. The molecule has 0 fully saturated rings. The van der Waals surface area contributed by atoms with Gasteiger partial charge in [0.2, 0.25) is 11.8 Å². The van der Waals surface area contributed by atoms with E-state index in [0.717, 1.165) is 21.0 Å². The van der Waals surface area contributed by atoms with E-state index in [-0.39, 0.29) is 24.8 Å². The van der Waals surface area contributed by atoms with Crippen molar-refractivity contribution in [3.8, 4) is 0 Å². The number of hydrogen-bond donors (Lipinski definition) is 2.